The fraction of sp³-hybridized carbons (Fsp3) is 0.368. The minimum atomic E-state index is -0.441. The van der Waals surface area contributed by atoms with Crippen LogP contribution in [0.1, 0.15) is 25.3 Å². The maximum absolute atomic E-state index is 8.78. The van der Waals surface area contributed by atoms with Gasteiger partial charge in [0.2, 0.25) is 6.23 Å². The van der Waals surface area contributed by atoms with Crippen molar-refractivity contribution in [3.63, 3.8) is 0 Å². The van der Waals surface area contributed by atoms with Crippen LogP contribution in [0.4, 0.5) is 5.69 Å². The zero-order chi connectivity index (χ0) is 18.8. The van der Waals surface area contributed by atoms with Crippen molar-refractivity contribution in [2.24, 2.45) is 10.3 Å². The van der Waals surface area contributed by atoms with Gasteiger partial charge >= 0.3 is 0 Å². The van der Waals surface area contributed by atoms with E-state index in [-0.39, 0.29) is 0 Å². The average Bonchev–Trinajstić information content (AvgIpc) is 3.29. The minimum Gasteiger partial charge on any atom is -0.495 e. The van der Waals surface area contributed by atoms with Crippen LogP contribution in [-0.2, 0) is 4.84 Å². The molecule has 3 aliphatic heterocycles. The Labute approximate surface area is 158 Å². The highest BCUT2D eigenvalue weighted by Gasteiger charge is 2.33. The predicted octanol–water partition coefficient (Wildman–Crippen LogP) is 2.53. The van der Waals surface area contributed by atoms with Crippen LogP contribution in [0.5, 0.6) is 5.75 Å². The van der Waals surface area contributed by atoms with E-state index >= 15 is 0 Å². The van der Waals surface area contributed by atoms with Crippen LogP contribution in [0.3, 0.4) is 0 Å². The fourth-order valence-electron chi connectivity index (χ4n) is 3.58. The van der Waals surface area contributed by atoms with Gasteiger partial charge in [0.1, 0.15) is 12.0 Å². The van der Waals surface area contributed by atoms with Gasteiger partial charge in [0.25, 0.3) is 0 Å². The van der Waals surface area contributed by atoms with Crippen LogP contribution in [-0.4, -0.2) is 48.7 Å². The molecular formula is C19H23N5O3. The molecule has 1 saturated heterocycles. The molecule has 1 aromatic rings. The second kappa shape index (κ2) is 7.22. The Morgan fingerprint density at radius 3 is 3.07 bits per heavy atom. The first-order valence-electron chi connectivity index (χ1n) is 8.95. The zero-order valence-corrected chi connectivity index (χ0v) is 15.4. The third-order valence-corrected chi connectivity index (χ3v) is 4.88. The van der Waals surface area contributed by atoms with Gasteiger partial charge in [-0.2, -0.15) is 0 Å². The highest BCUT2D eigenvalue weighted by molar-refractivity contribution is 6.04. The van der Waals surface area contributed by atoms with Gasteiger partial charge in [-0.25, -0.2) is 0 Å². The van der Waals surface area contributed by atoms with Crippen molar-refractivity contribution in [3.05, 3.63) is 41.2 Å². The van der Waals surface area contributed by atoms with Gasteiger partial charge in [0.05, 0.1) is 19.5 Å². The summed E-state index contributed by atoms with van der Waals surface area (Å²) in [6, 6.07) is 6.18. The molecule has 8 heteroatoms. The summed E-state index contributed by atoms with van der Waals surface area (Å²) in [5.41, 5.74) is 4.30. The lowest BCUT2D eigenvalue weighted by Gasteiger charge is -2.28. The highest BCUT2D eigenvalue weighted by Crippen LogP contribution is 2.33. The van der Waals surface area contributed by atoms with E-state index in [1.165, 1.54) is 6.21 Å². The number of rotatable bonds is 4. The summed E-state index contributed by atoms with van der Waals surface area (Å²) in [5.74, 6) is 1.62. The maximum Gasteiger partial charge on any atom is 0.240 e. The molecule has 8 nitrogen and oxygen atoms in total. The van der Waals surface area contributed by atoms with E-state index in [9.17, 15) is 0 Å². The molecule has 4 rings (SSSR count). The van der Waals surface area contributed by atoms with Crippen LogP contribution in [0, 0.1) is 0 Å². The van der Waals surface area contributed by atoms with Crippen LogP contribution in [0.2, 0.25) is 0 Å². The number of piperidine rings is 1. The number of allylic oxidation sites excluding steroid dienone is 1. The summed E-state index contributed by atoms with van der Waals surface area (Å²) >= 11 is 0. The van der Waals surface area contributed by atoms with E-state index in [2.05, 4.69) is 44.9 Å². The second-order valence-corrected chi connectivity index (χ2v) is 6.69. The van der Waals surface area contributed by atoms with Crippen molar-refractivity contribution in [1.82, 2.24) is 10.2 Å². The summed E-state index contributed by atoms with van der Waals surface area (Å²) in [7, 11) is 1.69. The Kier molecular flexibility index (Phi) is 4.62. The van der Waals surface area contributed by atoms with Gasteiger partial charge in [-0.05, 0) is 49.1 Å². The Morgan fingerprint density at radius 2 is 2.33 bits per heavy atom. The van der Waals surface area contributed by atoms with Gasteiger partial charge in [0.15, 0.2) is 5.84 Å². The van der Waals surface area contributed by atoms with Crippen LogP contribution in [0.15, 0.2) is 46.0 Å². The van der Waals surface area contributed by atoms with Crippen molar-refractivity contribution >= 4 is 23.8 Å². The number of fused-ring (bicyclic) bond motifs is 1. The molecule has 0 saturated carbocycles. The number of nitrogens with one attached hydrogen (secondary N) is 1. The quantitative estimate of drug-likeness (QED) is 0.482. The molecular weight excluding hydrogens is 346 g/mol. The number of benzene rings is 1. The molecule has 0 unspecified atom stereocenters. The largest absolute Gasteiger partial charge is 0.495 e. The molecule has 1 atom stereocenters. The molecule has 0 radical (unpaired) electrons. The summed E-state index contributed by atoms with van der Waals surface area (Å²) in [4.78, 5) is 9.50. The van der Waals surface area contributed by atoms with Crippen molar-refractivity contribution < 1.29 is 14.8 Å². The van der Waals surface area contributed by atoms with Gasteiger partial charge in [-0.1, -0.05) is 16.4 Å². The summed E-state index contributed by atoms with van der Waals surface area (Å²) in [6.07, 6.45) is 7.00. The minimum absolute atomic E-state index is 0.441. The van der Waals surface area contributed by atoms with Gasteiger partial charge in [-0.3, -0.25) is 0 Å². The molecule has 2 N–H and O–H groups in total. The molecule has 1 fully saturated rings. The second-order valence-electron chi connectivity index (χ2n) is 6.69. The van der Waals surface area contributed by atoms with Crippen molar-refractivity contribution in [1.29, 1.82) is 0 Å². The normalized spacial score (nSPS) is 23.2. The summed E-state index contributed by atoms with van der Waals surface area (Å²) < 4.78 is 5.62. The molecule has 1 aromatic carbocycles. The monoisotopic (exact) mass is 369 g/mol. The number of oxime groups is 2. The van der Waals surface area contributed by atoms with E-state index in [4.69, 9.17) is 14.8 Å². The molecule has 142 valence electrons. The van der Waals surface area contributed by atoms with Crippen LogP contribution < -0.4 is 15.0 Å². The van der Waals surface area contributed by atoms with Crippen molar-refractivity contribution in [2.45, 2.75) is 26.0 Å². The van der Waals surface area contributed by atoms with Crippen LogP contribution in [0.25, 0.3) is 6.08 Å². The van der Waals surface area contributed by atoms with Crippen molar-refractivity contribution in [3.8, 4) is 5.75 Å². The molecule has 0 aromatic heterocycles. The lowest BCUT2D eigenvalue weighted by atomic mass is 10.00. The first-order chi connectivity index (χ1) is 13.2. The van der Waals surface area contributed by atoms with E-state index < -0.39 is 6.23 Å². The smallest absolute Gasteiger partial charge is 0.240 e. The maximum atomic E-state index is 8.78. The van der Waals surface area contributed by atoms with Gasteiger partial charge in [-0.15, -0.1) is 0 Å². The van der Waals surface area contributed by atoms with E-state index in [0.29, 0.717) is 0 Å². The zero-order valence-electron chi connectivity index (χ0n) is 15.4. The summed E-state index contributed by atoms with van der Waals surface area (Å²) in [5, 5.41) is 19.3. The Hall–Kier alpha value is -3.16. The highest BCUT2D eigenvalue weighted by atomic mass is 16.7. The Morgan fingerprint density at radius 1 is 1.44 bits per heavy atom. The average molecular weight is 369 g/mol. The van der Waals surface area contributed by atoms with Gasteiger partial charge < -0.3 is 29.9 Å². The molecule has 0 aliphatic carbocycles. The SMILES string of the molecule is COc1cc(/C=C2\CCCN3C2=NO[C@H]3/C=N/O)ccc1N1C=C(C)NC1. The third-order valence-electron chi connectivity index (χ3n) is 4.88. The number of amidine groups is 1. The Bertz CT molecular complexity index is 846. The lowest BCUT2D eigenvalue weighted by molar-refractivity contribution is 0.0624. The van der Waals surface area contributed by atoms with Crippen LogP contribution >= 0.6 is 0 Å². The van der Waals surface area contributed by atoms with E-state index in [1.807, 2.05) is 17.9 Å². The molecule has 27 heavy (non-hydrogen) atoms. The number of hydrogen-bond donors (Lipinski definition) is 2. The molecule has 3 aliphatic rings. The number of nitrogens with zero attached hydrogens (tertiary/aromatic N) is 4. The lowest BCUT2D eigenvalue weighted by Crippen LogP contribution is -2.41. The number of hydrogen-bond acceptors (Lipinski definition) is 8. The third kappa shape index (κ3) is 3.30. The van der Waals surface area contributed by atoms with E-state index in [0.717, 1.165) is 60.2 Å². The molecule has 3 heterocycles. The molecule has 0 spiro atoms. The molecule has 0 bridgehead atoms. The number of methoxy groups -OCH3 is 1. The van der Waals surface area contributed by atoms with Crippen molar-refractivity contribution in [2.75, 3.05) is 25.2 Å². The van der Waals surface area contributed by atoms with Gasteiger partial charge in [0, 0.05) is 18.4 Å². The predicted molar refractivity (Wildman–Crippen MR) is 104 cm³/mol. The Balaban J connectivity index is 1.60. The topological polar surface area (TPSA) is 81.9 Å². The number of ether oxygens (including phenoxy) is 1. The fourth-order valence-corrected chi connectivity index (χ4v) is 3.58. The first-order valence-corrected chi connectivity index (χ1v) is 8.95. The number of anilines is 1. The first kappa shape index (κ1) is 17.3. The molecule has 0 amide bonds. The summed E-state index contributed by atoms with van der Waals surface area (Å²) in [6.45, 7) is 3.60. The standard InChI is InChI=1S/C19H23N5O3/c1-13-11-23(12-20-13)16-6-5-14(9-17(16)26-2)8-15-4-3-7-24-18(10-21-25)27-22-19(15)24/h5-6,8-11,18,20,25H,3-4,7,12H2,1-2H3/b15-8+,21-10+/t18-/m0/s1. The van der Waals surface area contributed by atoms with E-state index in [1.54, 1.807) is 7.11 Å².